The molecule has 0 aliphatic heterocycles. The zero-order valence-corrected chi connectivity index (χ0v) is 10.4. The van der Waals surface area contributed by atoms with Gasteiger partial charge in [-0.2, -0.15) is 30.7 Å². The monoisotopic (exact) mass is 300 g/mol. The highest BCUT2D eigenvalue weighted by atomic mass is 19.4. The molecule has 0 rings (SSSR count). The van der Waals surface area contributed by atoms with Gasteiger partial charge < -0.3 is 0 Å². The Morgan fingerprint density at radius 2 is 1.42 bits per heavy atom. The molecule has 0 fully saturated rings. The standard InChI is InChI=1S/C10H15F7O2/c1-4-5(2)7(19-18)6(3)8(11,12)9(13,14)10(15,16)17/h5-7,18H,4H2,1-3H3. The molecule has 0 bridgehead atoms. The van der Waals surface area contributed by atoms with Crippen molar-refractivity contribution in [2.24, 2.45) is 11.8 Å². The van der Waals surface area contributed by atoms with Crippen LogP contribution in [0.1, 0.15) is 27.2 Å². The predicted molar refractivity (Wildman–Crippen MR) is 52.1 cm³/mol. The van der Waals surface area contributed by atoms with Crippen LogP contribution in [-0.4, -0.2) is 29.4 Å². The van der Waals surface area contributed by atoms with E-state index in [9.17, 15) is 30.7 Å². The average Bonchev–Trinajstić information content (AvgIpc) is 2.27. The van der Waals surface area contributed by atoms with Crippen molar-refractivity contribution >= 4 is 0 Å². The second-order valence-corrected chi connectivity index (χ2v) is 4.44. The van der Waals surface area contributed by atoms with Crippen LogP contribution in [0.4, 0.5) is 30.7 Å². The van der Waals surface area contributed by atoms with E-state index in [0.29, 0.717) is 6.92 Å². The summed E-state index contributed by atoms with van der Waals surface area (Å²) in [5.74, 6) is -15.0. The van der Waals surface area contributed by atoms with Crippen molar-refractivity contribution in [3.05, 3.63) is 0 Å². The molecule has 0 aromatic heterocycles. The molecule has 19 heavy (non-hydrogen) atoms. The second-order valence-electron chi connectivity index (χ2n) is 4.44. The minimum atomic E-state index is -6.39. The van der Waals surface area contributed by atoms with Crippen LogP contribution in [0.3, 0.4) is 0 Å². The molecule has 0 aliphatic rings. The van der Waals surface area contributed by atoms with Gasteiger partial charge in [0.1, 0.15) is 6.10 Å². The first kappa shape index (κ1) is 18.4. The van der Waals surface area contributed by atoms with Crippen molar-refractivity contribution in [3.8, 4) is 0 Å². The van der Waals surface area contributed by atoms with Gasteiger partial charge in [0.05, 0.1) is 5.92 Å². The van der Waals surface area contributed by atoms with E-state index in [1.165, 1.54) is 13.8 Å². The van der Waals surface area contributed by atoms with Gasteiger partial charge in [0.2, 0.25) is 0 Å². The maximum absolute atomic E-state index is 13.4. The molecule has 0 saturated carbocycles. The van der Waals surface area contributed by atoms with Crippen LogP contribution in [0.15, 0.2) is 0 Å². The lowest BCUT2D eigenvalue weighted by Gasteiger charge is -2.36. The second kappa shape index (κ2) is 5.82. The Kier molecular flexibility index (Phi) is 5.65. The fourth-order valence-corrected chi connectivity index (χ4v) is 1.60. The van der Waals surface area contributed by atoms with Crippen LogP contribution in [-0.2, 0) is 4.89 Å². The highest BCUT2D eigenvalue weighted by Crippen LogP contribution is 2.51. The van der Waals surface area contributed by atoms with Crippen molar-refractivity contribution in [2.75, 3.05) is 0 Å². The number of alkyl halides is 7. The molecular formula is C10H15F7O2. The lowest BCUT2D eigenvalue weighted by atomic mass is 9.84. The summed E-state index contributed by atoms with van der Waals surface area (Å²) in [7, 11) is 0. The summed E-state index contributed by atoms with van der Waals surface area (Å²) < 4.78 is 88.4. The summed E-state index contributed by atoms with van der Waals surface area (Å²) in [5.41, 5.74) is 0. The normalized spacial score (nSPS) is 19.1. The Bertz CT molecular complexity index is 290. The highest BCUT2D eigenvalue weighted by molar-refractivity contribution is 4.97. The van der Waals surface area contributed by atoms with Crippen molar-refractivity contribution < 1.29 is 40.9 Å². The Balaban J connectivity index is 5.40. The SMILES string of the molecule is CCC(C)C(OO)C(C)C(F)(F)C(F)(F)C(F)(F)F. The van der Waals surface area contributed by atoms with Gasteiger partial charge in [-0.15, -0.1) is 0 Å². The summed E-state index contributed by atoms with van der Waals surface area (Å²) >= 11 is 0. The van der Waals surface area contributed by atoms with Crippen molar-refractivity contribution in [1.82, 2.24) is 0 Å². The van der Waals surface area contributed by atoms with Gasteiger partial charge in [0, 0.05) is 0 Å². The van der Waals surface area contributed by atoms with Gasteiger partial charge in [0.25, 0.3) is 0 Å². The summed E-state index contributed by atoms with van der Waals surface area (Å²) in [6, 6.07) is 0. The first-order valence-electron chi connectivity index (χ1n) is 5.47. The van der Waals surface area contributed by atoms with Gasteiger partial charge in [-0.1, -0.05) is 27.2 Å². The van der Waals surface area contributed by atoms with Crippen LogP contribution in [0.5, 0.6) is 0 Å². The molecule has 0 spiro atoms. The van der Waals surface area contributed by atoms with Crippen LogP contribution in [0.2, 0.25) is 0 Å². The summed E-state index contributed by atoms with van der Waals surface area (Å²) in [4.78, 5) is 3.68. The molecular weight excluding hydrogens is 285 g/mol. The molecule has 116 valence electrons. The van der Waals surface area contributed by atoms with E-state index in [4.69, 9.17) is 5.26 Å². The van der Waals surface area contributed by atoms with Gasteiger partial charge in [0.15, 0.2) is 0 Å². The van der Waals surface area contributed by atoms with Gasteiger partial charge >= 0.3 is 18.0 Å². The quantitative estimate of drug-likeness (QED) is 0.448. The summed E-state index contributed by atoms with van der Waals surface area (Å²) in [5, 5.41) is 8.47. The van der Waals surface area contributed by atoms with E-state index in [1.807, 2.05) is 0 Å². The lowest BCUT2D eigenvalue weighted by Crippen LogP contribution is -2.58. The molecule has 2 nitrogen and oxygen atoms in total. The predicted octanol–water partition coefficient (Wildman–Crippen LogP) is 4.36. The largest absolute Gasteiger partial charge is 0.459 e. The van der Waals surface area contributed by atoms with Crippen LogP contribution in [0.25, 0.3) is 0 Å². The molecule has 0 heterocycles. The highest BCUT2D eigenvalue weighted by Gasteiger charge is 2.75. The zero-order valence-electron chi connectivity index (χ0n) is 10.4. The molecule has 1 N–H and O–H groups in total. The molecule has 3 unspecified atom stereocenters. The van der Waals surface area contributed by atoms with E-state index < -0.39 is 36.0 Å². The van der Waals surface area contributed by atoms with Gasteiger partial charge in [-0.3, -0.25) is 5.26 Å². The minimum absolute atomic E-state index is 0.156. The van der Waals surface area contributed by atoms with Crippen LogP contribution in [0, 0.1) is 11.8 Å². The third kappa shape index (κ3) is 3.31. The van der Waals surface area contributed by atoms with Crippen molar-refractivity contribution in [1.29, 1.82) is 0 Å². The van der Waals surface area contributed by atoms with E-state index in [1.54, 1.807) is 0 Å². The van der Waals surface area contributed by atoms with E-state index in [-0.39, 0.29) is 6.42 Å². The third-order valence-electron chi connectivity index (χ3n) is 3.17. The Morgan fingerprint density at radius 1 is 1.00 bits per heavy atom. The zero-order chi connectivity index (χ0) is 15.6. The summed E-state index contributed by atoms with van der Waals surface area (Å²) in [6.45, 7) is 3.26. The van der Waals surface area contributed by atoms with Crippen molar-refractivity contribution in [3.63, 3.8) is 0 Å². The number of hydrogen-bond acceptors (Lipinski definition) is 2. The Hall–Kier alpha value is -0.570. The van der Waals surface area contributed by atoms with Gasteiger partial charge in [-0.25, -0.2) is 4.89 Å². The fourth-order valence-electron chi connectivity index (χ4n) is 1.60. The summed E-state index contributed by atoms with van der Waals surface area (Å²) in [6.07, 6.45) is -8.07. The Labute approximate surface area is 105 Å². The first-order valence-corrected chi connectivity index (χ1v) is 5.47. The molecule has 0 aliphatic carbocycles. The smallest absolute Gasteiger partial charge is 0.252 e. The molecule has 3 atom stereocenters. The van der Waals surface area contributed by atoms with Crippen LogP contribution >= 0.6 is 0 Å². The van der Waals surface area contributed by atoms with Gasteiger partial charge in [-0.05, 0) is 5.92 Å². The third-order valence-corrected chi connectivity index (χ3v) is 3.17. The van der Waals surface area contributed by atoms with Crippen LogP contribution < -0.4 is 0 Å². The molecule has 9 heteroatoms. The number of halogens is 7. The average molecular weight is 300 g/mol. The lowest BCUT2D eigenvalue weighted by molar-refractivity contribution is -0.385. The molecule has 0 saturated heterocycles. The Morgan fingerprint density at radius 3 is 1.68 bits per heavy atom. The molecule has 0 aromatic carbocycles. The minimum Gasteiger partial charge on any atom is -0.252 e. The number of hydrogen-bond donors (Lipinski definition) is 1. The maximum Gasteiger partial charge on any atom is 0.459 e. The van der Waals surface area contributed by atoms with Crippen molar-refractivity contribution in [2.45, 2.75) is 51.3 Å². The first-order chi connectivity index (χ1) is 8.34. The molecule has 0 radical (unpaired) electrons. The van der Waals surface area contributed by atoms with E-state index >= 15 is 0 Å². The van der Waals surface area contributed by atoms with E-state index in [2.05, 4.69) is 4.89 Å². The molecule has 0 amide bonds. The topological polar surface area (TPSA) is 29.5 Å². The fraction of sp³-hybridized carbons (Fsp3) is 1.00. The molecule has 0 aromatic rings. The maximum atomic E-state index is 13.4. The van der Waals surface area contributed by atoms with E-state index in [0.717, 1.165) is 0 Å². The number of rotatable bonds is 6.